The quantitative estimate of drug-likeness (QED) is 0.129. The summed E-state index contributed by atoms with van der Waals surface area (Å²) in [5.74, 6) is 0. The predicted octanol–water partition coefficient (Wildman–Crippen LogP) is 8.89. The van der Waals surface area contributed by atoms with E-state index in [1.807, 2.05) is 12.1 Å². The lowest BCUT2D eigenvalue weighted by Crippen LogP contribution is -1.96. The van der Waals surface area contributed by atoms with Gasteiger partial charge in [-0.05, 0) is 108 Å². The van der Waals surface area contributed by atoms with Gasteiger partial charge in [0.1, 0.15) is 0 Å². The number of nitrogen functional groups attached to an aromatic ring is 2. The van der Waals surface area contributed by atoms with Gasteiger partial charge in [0.05, 0.1) is 0 Å². The van der Waals surface area contributed by atoms with Gasteiger partial charge < -0.3 is 11.5 Å². The second-order valence-electron chi connectivity index (χ2n) is 11.0. The fraction of sp³-hybridized carbons (Fsp3) is 0.351. The molecule has 0 saturated carbocycles. The molecule has 0 radical (unpaired) electrons. The van der Waals surface area contributed by atoms with Gasteiger partial charge in [0.2, 0.25) is 0 Å². The van der Waals surface area contributed by atoms with Crippen molar-refractivity contribution in [1.82, 2.24) is 0 Å². The number of nitrogens with two attached hydrogens (primary N) is 2. The molecule has 4 aromatic carbocycles. The van der Waals surface area contributed by atoms with Gasteiger partial charge in [0.15, 0.2) is 0 Å². The summed E-state index contributed by atoms with van der Waals surface area (Å²) in [7, 11) is 0. The molecule has 0 fully saturated rings. The number of anilines is 2. The van der Waals surface area contributed by atoms with Crippen LogP contribution in [-0.2, 0) is 38.5 Å². The summed E-state index contributed by atoms with van der Waals surface area (Å²) in [6.07, 6.45) is 12.8. The Balaban J connectivity index is 1.10. The highest BCUT2D eigenvalue weighted by Crippen LogP contribution is 2.20. The Kier molecular flexibility index (Phi) is 10.7. The van der Waals surface area contributed by atoms with Crippen molar-refractivity contribution in [3.8, 4) is 0 Å². The molecule has 39 heavy (non-hydrogen) atoms. The van der Waals surface area contributed by atoms with E-state index in [4.69, 9.17) is 11.5 Å². The molecule has 0 atom stereocenters. The molecule has 0 aromatic heterocycles. The van der Waals surface area contributed by atoms with Crippen molar-refractivity contribution >= 4 is 11.4 Å². The second kappa shape index (κ2) is 14.6. The lowest BCUT2D eigenvalue weighted by Gasteiger charge is -2.09. The van der Waals surface area contributed by atoms with E-state index in [1.54, 1.807) is 0 Å². The van der Waals surface area contributed by atoms with Crippen LogP contribution in [0.1, 0.15) is 90.5 Å². The van der Waals surface area contributed by atoms with Crippen LogP contribution in [0.15, 0.2) is 84.9 Å². The highest BCUT2D eigenvalue weighted by Gasteiger charge is 2.04. The van der Waals surface area contributed by atoms with E-state index in [0.717, 1.165) is 37.1 Å². The van der Waals surface area contributed by atoms with E-state index in [9.17, 15) is 0 Å². The minimum Gasteiger partial charge on any atom is -0.399 e. The fourth-order valence-electron chi connectivity index (χ4n) is 5.46. The molecule has 0 bridgehead atoms. The first-order valence-electron chi connectivity index (χ1n) is 14.9. The lowest BCUT2D eigenvalue weighted by molar-refractivity contribution is 0.613. The number of hydrogen-bond acceptors (Lipinski definition) is 2. The van der Waals surface area contributed by atoms with Crippen LogP contribution in [0.5, 0.6) is 0 Å². The fourth-order valence-corrected chi connectivity index (χ4v) is 5.46. The third kappa shape index (κ3) is 8.75. The molecule has 0 saturated heterocycles. The number of aryl methyl sites for hydroxylation is 4. The van der Waals surface area contributed by atoms with Gasteiger partial charge in [-0.25, -0.2) is 0 Å². The maximum absolute atomic E-state index is 6.06. The molecule has 4 aromatic rings. The van der Waals surface area contributed by atoms with Crippen molar-refractivity contribution in [2.45, 2.75) is 84.5 Å². The number of benzene rings is 4. The van der Waals surface area contributed by atoms with Crippen molar-refractivity contribution in [3.05, 3.63) is 129 Å². The van der Waals surface area contributed by atoms with Gasteiger partial charge in [0, 0.05) is 11.4 Å². The molecule has 0 aliphatic rings. The van der Waals surface area contributed by atoms with Crippen molar-refractivity contribution in [3.63, 3.8) is 0 Å². The van der Waals surface area contributed by atoms with E-state index < -0.39 is 0 Å². The molecule has 4 rings (SSSR count). The SMILES string of the molecule is CCc1cc(Cc2ccc(CCCCCCCc3ccc(Cc4ccc(N)c(CC)c4)cc3)cc2)ccc1N. The Bertz CT molecular complexity index is 1200. The van der Waals surface area contributed by atoms with Gasteiger partial charge in [0.25, 0.3) is 0 Å². The van der Waals surface area contributed by atoms with E-state index in [-0.39, 0.29) is 0 Å². The van der Waals surface area contributed by atoms with E-state index in [0.29, 0.717) is 0 Å². The topological polar surface area (TPSA) is 52.0 Å². The maximum atomic E-state index is 6.06. The van der Waals surface area contributed by atoms with Crippen LogP contribution in [0.4, 0.5) is 11.4 Å². The van der Waals surface area contributed by atoms with Gasteiger partial charge in [-0.3, -0.25) is 0 Å². The maximum Gasteiger partial charge on any atom is 0.0346 e. The van der Waals surface area contributed by atoms with Crippen LogP contribution in [0.3, 0.4) is 0 Å². The Morgan fingerprint density at radius 2 is 0.744 bits per heavy atom. The Labute approximate surface area is 236 Å². The van der Waals surface area contributed by atoms with E-state index in [2.05, 4.69) is 86.6 Å². The molecule has 204 valence electrons. The summed E-state index contributed by atoms with van der Waals surface area (Å²) in [6.45, 7) is 4.32. The molecule has 0 aliphatic carbocycles. The summed E-state index contributed by atoms with van der Waals surface area (Å²) in [6, 6.07) is 31.3. The van der Waals surface area contributed by atoms with Crippen molar-refractivity contribution < 1.29 is 0 Å². The second-order valence-corrected chi connectivity index (χ2v) is 11.0. The van der Waals surface area contributed by atoms with E-state index in [1.165, 1.54) is 89.5 Å². The normalized spacial score (nSPS) is 11.1. The van der Waals surface area contributed by atoms with Crippen molar-refractivity contribution in [2.24, 2.45) is 0 Å². The molecule has 0 amide bonds. The predicted molar refractivity (Wildman–Crippen MR) is 169 cm³/mol. The highest BCUT2D eigenvalue weighted by molar-refractivity contribution is 5.50. The molecule has 0 aliphatic heterocycles. The summed E-state index contributed by atoms with van der Waals surface area (Å²) in [5.41, 5.74) is 24.8. The largest absolute Gasteiger partial charge is 0.399 e. The van der Waals surface area contributed by atoms with Crippen LogP contribution < -0.4 is 11.5 Å². The average Bonchev–Trinajstić information content (AvgIpc) is 2.96. The zero-order valence-corrected chi connectivity index (χ0v) is 24.0. The van der Waals surface area contributed by atoms with Gasteiger partial charge in [-0.1, -0.05) is 106 Å². The standard InChI is InChI=1S/C37H46N2/c1-3-34-26-32(20-22-36(34)38)24-30-16-12-28(13-17-30)10-8-6-5-7-9-11-29-14-18-31(19-15-29)25-33-21-23-37(39)35(4-2)27-33/h12-23,26-27H,3-11,24-25,38-39H2,1-2H3. The first-order chi connectivity index (χ1) is 19.0. The van der Waals surface area contributed by atoms with Crippen molar-refractivity contribution in [2.75, 3.05) is 11.5 Å². The number of rotatable bonds is 14. The van der Waals surface area contributed by atoms with E-state index >= 15 is 0 Å². The molecule has 0 unspecified atom stereocenters. The monoisotopic (exact) mass is 518 g/mol. The van der Waals surface area contributed by atoms with Gasteiger partial charge in [-0.2, -0.15) is 0 Å². The molecule has 0 heterocycles. The first kappa shape index (κ1) is 28.5. The molecular weight excluding hydrogens is 472 g/mol. The summed E-state index contributed by atoms with van der Waals surface area (Å²) in [5, 5.41) is 0. The Morgan fingerprint density at radius 1 is 0.410 bits per heavy atom. The summed E-state index contributed by atoms with van der Waals surface area (Å²) >= 11 is 0. The zero-order chi connectivity index (χ0) is 27.5. The minimum absolute atomic E-state index is 0.905. The van der Waals surface area contributed by atoms with Gasteiger partial charge in [-0.15, -0.1) is 0 Å². The Morgan fingerprint density at radius 3 is 1.13 bits per heavy atom. The molecular formula is C37H46N2. The lowest BCUT2D eigenvalue weighted by atomic mass is 9.98. The molecule has 2 heteroatoms. The molecule has 0 spiro atoms. The third-order valence-corrected chi connectivity index (χ3v) is 7.97. The third-order valence-electron chi connectivity index (χ3n) is 7.97. The van der Waals surface area contributed by atoms with Crippen LogP contribution in [-0.4, -0.2) is 0 Å². The van der Waals surface area contributed by atoms with Crippen LogP contribution in [0.25, 0.3) is 0 Å². The molecule has 4 N–H and O–H groups in total. The van der Waals surface area contributed by atoms with Crippen LogP contribution in [0, 0.1) is 0 Å². The van der Waals surface area contributed by atoms with Gasteiger partial charge >= 0.3 is 0 Å². The molecule has 2 nitrogen and oxygen atoms in total. The van der Waals surface area contributed by atoms with Crippen LogP contribution in [0.2, 0.25) is 0 Å². The highest BCUT2D eigenvalue weighted by atomic mass is 14.6. The first-order valence-corrected chi connectivity index (χ1v) is 14.9. The number of unbranched alkanes of at least 4 members (excludes halogenated alkanes) is 4. The average molecular weight is 519 g/mol. The minimum atomic E-state index is 0.905. The summed E-state index contributed by atoms with van der Waals surface area (Å²) in [4.78, 5) is 0. The summed E-state index contributed by atoms with van der Waals surface area (Å²) < 4.78 is 0. The smallest absolute Gasteiger partial charge is 0.0346 e. The zero-order valence-electron chi connectivity index (χ0n) is 24.0. The number of hydrogen-bond donors (Lipinski definition) is 2. The van der Waals surface area contributed by atoms with Crippen molar-refractivity contribution in [1.29, 1.82) is 0 Å². The van der Waals surface area contributed by atoms with Crippen LogP contribution >= 0.6 is 0 Å². The Hall–Kier alpha value is -3.52.